The van der Waals surface area contributed by atoms with Gasteiger partial charge in [0, 0.05) is 4.47 Å². The Bertz CT molecular complexity index is 305. The van der Waals surface area contributed by atoms with Crippen LogP contribution in [-0.4, -0.2) is 6.61 Å². The molecule has 82 valence electrons. The van der Waals surface area contributed by atoms with Crippen molar-refractivity contribution in [3.8, 4) is 5.75 Å². The summed E-state index contributed by atoms with van der Waals surface area (Å²) in [5.74, 6) is 1.76. The molecule has 1 saturated carbocycles. The molecule has 0 amide bonds. The fourth-order valence-corrected chi connectivity index (χ4v) is 2.50. The van der Waals surface area contributed by atoms with Gasteiger partial charge in [-0.3, -0.25) is 0 Å². The number of hydrogen-bond acceptors (Lipinski definition) is 1. The van der Waals surface area contributed by atoms with Crippen molar-refractivity contribution >= 4 is 15.9 Å². The molecule has 0 aromatic heterocycles. The van der Waals surface area contributed by atoms with Gasteiger partial charge in [0.25, 0.3) is 0 Å². The van der Waals surface area contributed by atoms with Crippen molar-refractivity contribution in [2.24, 2.45) is 5.92 Å². The van der Waals surface area contributed by atoms with E-state index in [4.69, 9.17) is 4.74 Å². The van der Waals surface area contributed by atoms with Crippen molar-refractivity contribution in [2.75, 3.05) is 6.61 Å². The SMILES string of the molecule is Brc1cccc(OCC2CCCCC2)c1. The first-order chi connectivity index (χ1) is 7.34. The smallest absolute Gasteiger partial charge is 0.120 e. The molecule has 15 heavy (non-hydrogen) atoms. The standard InChI is InChI=1S/C13H17BrO/c14-12-7-4-8-13(9-12)15-10-11-5-2-1-3-6-11/h4,7-9,11H,1-3,5-6,10H2. The third-order valence-electron chi connectivity index (χ3n) is 3.01. The molecule has 0 atom stereocenters. The summed E-state index contributed by atoms with van der Waals surface area (Å²) in [5.41, 5.74) is 0. The molecule has 0 spiro atoms. The average Bonchev–Trinajstić information content (AvgIpc) is 2.28. The highest BCUT2D eigenvalue weighted by atomic mass is 79.9. The van der Waals surface area contributed by atoms with Crippen LogP contribution in [0, 0.1) is 5.92 Å². The van der Waals surface area contributed by atoms with Crippen molar-refractivity contribution < 1.29 is 4.74 Å². The summed E-state index contributed by atoms with van der Waals surface area (Å²) in [6, 6.07) is 8.09. The second kappa shape index (κ2) is 5.55. The van der Waals surface area contributed by atoms with Crippen LogP contribution >= 0.6 is 15.9 Å². The zero-order valence-electron chi connectivity index (χ0n) is 8.92. The van der Waals surface area contributed by atoms with Crippen LogP contribution in [0.5, 0.6) is 5.75 Å². The molecule has 1 nitrogen and oxygen atoms in total. The van der Waals surface area contributed by atoms with Gasteiger partial charge in [-0.25, -0.2) is 0 Å². The minimum absolute atomic E-state index is 0.776. The molecule has 1 fully saturated rings. The molecule has 0 saturated heterocycles. The van der Waals surface area contributed by atoms with Crippen molar-refractivity contribution in [3.05, 3.63) is 28.7 Å². The third-order valence-corrected chi connectivity index (χ3v) is 3.50. The predicted molar refractivity (Wildman–Crippen MR) is 66.2 cm³/mol. The third kappa shape index (κ3) is 3.53. The largest absolute Gasteiger partial charge is 0.493 e. The van der Waals surface area contributed by atoms with Gasteiger partial charge in [0.1, 0.15) is 5.75 Å². The van der Waals surface area contributed by atoms with Crippen molar-refractivity contribution in [1.29, 1.82) is 0 Å². The van der Waals surface area contributed by atoms with Gasteiger partial charge in [0.05, 0.1) is 6.61 Å². The zero-order valence-corrected chi connectivity index (χ0v) is 10.5. The molecule has 0 heterocycles. The van der Waals surface area contributed by atoms with E-state index in [1.807, 2.05) is 24.3 Å². The lowest BCUT2D eigenvalue weighted by molar-refractivity contribution is 0.209. The van der Waals surface area contributed by atoms with E-state index in [0.29, 0.717) is 0 Å². The number of benzene rings is 1. The minimum Gasteiger partial charge on any atom is -0.493 e. The van der Waals surface area contributed by atoms with Crippen LogP contribution in [0.3, 0.4) is 0 Å². The normalized spacial score (nSPS) is 17.7. The summed E-state index contributed by atoms with van der Waals surface area (Å²) in [5, 5.41) is 0. The van der Waals surface area contributed by atoms with Gasteiger partial charge in [-0.1, -0.05) is 41.3 Å². The molecule has 0 aliphatic heterocycles. The molecule has 0 radical (unpaired) electrons. The van der Waals surface area contributed by atoms with Crippen molar-refractivity contribution in [3.63, 3.8) is 0 Å². The summed E-state index contributed by atoms with van der Waals surface area (Å²) in [6.45, 7) is 0.885. The number of rotatable bonds is 3. The van der Waals surface area contributed by atoms with Crippen LogP contribution in [0.15, 0.2) is 28.7 Å². The summed E-state index contributed by atoms with van der Waals surface area (Å²) >= 11 is 3.45. The van der Waals surface area contributed by atoms with E-state index in [9.17, 15) is 0 Å². The first-order valence-corrected chi connectivity index (χ1v) is 6.52. The van der Waals surface area contributed by atoms with Crippen LogP contribution in [0.1, 0.15) is 32.1 Å². The number of hydrogen-bond donors (Lipinski definition) is 0. The number of halogens is 1. The highest BCUT2D eigenvalue weighted by molar-refractivity contribution is 9.10. The summed E-state index contributed by atoms with van der Waals surface area (Å²) < 4.78 is 6.88. The van der Waals surface area contributed by atoms with Gasteiger partial charge in [-0.2, -0.15) is 0 Å². The maximum Gasteiger partial charge on any atom is 0.120 e. The molecule has 1 aromatic rings. The molecule has 0 N–H and O–H groups in total. The Morgan fingerprint density at radius 3 is 2.73 bits per heavy atom. The Morgan fingerprint density at radius 1 is 1.20 bits per heavy atom. The number of ether oxygens (including phenoxy) is 1. The van der Waals surface area contributed by atoms with Gasteiger partial charge in [-0.05, 0) is 37.0 Å². The van der Waals surface area contributed by atoms with Gasteiger partial charge < -0.3 is 4.74 Å². The lowest BCUT2D eigenvalue weighted by Gasteiger charge is -2.21. The van der Waals surface area contributed by atoms with Crippen LogP contribution in [0.4, 0.5) is 0 Å². The van der Waals surface area contributed by atoms with E-state index in [-0.39, 0.29) is 0 Å². The maximum absolute atomic E-state index is 5.80. The molecule has 1 aromatic carbocycles. The van der Waals surface area contributed by atoms with E-state index in [1.165, 1.54) is 32.1 Å². The molecular formula is C13H17BrO. The first-order valence-electron chi connectivity index (χ1n) is 5.73. The Labute approximate surface area is 100.0 Å². The monoisotopic (exact) mass is 268 g/mol. The molecule has 0 unspecified atom stereocenters. The van der Waals surface area contributed by atoms with Crippen LogP contribution in [0.25, 0.3) is 0 Å². The van der Waals surface area contributed by atoms with E-state index in [2.05, 4.69) is 15.9 Å². The highest BCUT2D eigenvalue weighted by Gasteiger charge is 2.13. The van der Waals surface area contributed by atoms with E-state index in [1.54, 1.807) is 0 Å². The van der Waals surface area contributed by atoms with Crippen LogP contribution in [-0.2, 0) is 0 Å². The Kier molecular flexibility index (Phi) is 4.07. The Hall–Kier alpha value is -0.500. The van der Waals surface area contributed by atoms with E-state index < -0.39 is 0 Å². The average molecular weight is 269 g/mol. The lowest BCUT2D eigenvalue weighted by atomic mass is 9.90. The molecular weight excluding hydrogens is 252 g/mol. The van der Waals surface area contributed by atoms with E-state index >= 15 is 0 Å². The fraction of sp³-hybridized carbons (Fsp3) is 0.538. The summed E-state index contributed by atoms with van der Waals surface area (Å²) in [7, 11) is 0. The molecule has 2 heteroatoms. The van der Waals surface area contributed by atoms with Crippen molar-refractivity contribution in [1.82, 2.24) is 0 Å². The van der Waals surface area contributed by atoms with Gasteiger partial charge >= 0.3 is 0 Å². The fourth-order valence-electron chi connectivity index (χ4n) is 2.12. The van der Waals surface area contributed by atoms with Gasteiger partial charge in [0.2, 0.25) is 0 Å². The second-order valence-electron chi connectivity index (χ2n) is 4.27. The lowest BCUT2D eigenvalue weighted by Crippen LogP contribution is -2.15. The summed E-state index contributed by atoms with van der Waals surface area (Å²) in [4.78, 5) is 0. The quantitative estimate of drug-likeness (QED) is 0.789. The Morgan fingerprint density at radius 2 is 2.00 bits per heavy atom. The zero-order chi connectivity index (χ0) is 10.5. The Balaban J connectivity index is 1.81. The molecule has 1 aliphatic carbocycles. The van der Waals surface area contributed by atoms with Crippen molar-refractivity contribution in [2.45, 2.75) is 32.1 Å². The van der Waals surface area contributed by atoms with Crippen LogP contribution in [0.2, 0.25) is 0 Å². The summed E-state index contributed by atoms with van der Waals surface area (Å²) in [6.07, 6.45) is 6.86. The van der Waals surface area contributed by atoms with E-state index in [0.717, 1.165) is 22.7 Å². The highest BCUT2D eigenvalue weighted by Crippen LogP contribution is 2.25. The molecule has 0 bridgehead atoms. The van der Waals surface area contributed by atoms with Gasteiger partial charge in [-0.15, -0.1) is 0 Å². The predicted octanol–water partition coefficient (Wildman–Crippen LogP) is 4.41. The van der Waals surface area contributed by atoms with Crippen LogP contribution < -0.4 is 4.74 Å². The van der Waals surface area contributed by atoms with Gasteiger partial charge in [0.15, 0.2) is 0 Å². The molecule has 2 rings (SSSR count). The maximum atomic E-state index is 5.80. The molecule has 1 aliphatic rings. The minimum atomic E-state index is 0.776. The second-order valence-corrected chi connectivity index (χ2v) is 5.19. The first kappa shape index (κ1) is 11.0. The topological polar surface area (TPSA) is 9.23 Å².